The number of hydrogen-bond acceptors (Lipinski definition) is 2. The van der Waals surface area contributed by atoms with E-state index < -0.39 is 0 Å². The highest BCUT2D eigenvalue weighted by atomic mass is 15.3. The van der Waals surface area contributed by atoms with E-state index in [1.807, 2.05) is 4.52 Å². The molecule has 0 atom stereocenters. The number of aromatic nitrogens is 3. The number of nitrogens with zero attached hydrogens (tertiary/aromatic N) is 3. The van der Waals surface area contributed by atoms with Gasteiger partial charge in [-0.15, -0.1) is 0 Å². The van der Waals surface area contributed by atoms with Crippen LogP contribution in [-0.2, 0) is 0 Å². The quantitative estimate of drug-likeness (QED) is 0.747. The van der Waals surface area contributed by atoms with Crippen molar-refractivity contribution in [2.75, 3.05) is 0 Å². The highest BCUT2D eigenvalue weighted by Gasteiger charge is 2.27. The first kappa shape index (κ1) is 8.89. The second-order valence-corrected chi connectivity index (χ2v) is 4.68. The molecule has 0 unspecified atom stereocenters. The zero-order chi connectivity index (χ0) is 10.4. The smallest absolute Gasteiger partial charge is 0.155 e. The molecule has 1 aliphatic carbocycles. The van der Waals surface area contributed by atoms with E-state index in [1.54, 1.807) is 6.33 Å². The Morgan fingerprint density at radius 1 is 1.40 bits per heavy atom. The van der Waals surface area contributed by atoms with Crippen molar-refractivity contribution in [2.45, 2.75) is 38.5 Å². The van der Waals surface area contributed by atoms with Gasteiger partial charge in [0.05, 0.1) is 0 Å². The molecule has 0 aromatic carbocycles. The molecule has 78 valence electrons. The Morgan fingerprint density at radius 3 is 2.87 bits per heavy atom. The highest BCUT2D eigenvalue weighted by Crippen LogP contribution is 2.43. The van der Waals surface area contributed by atoms with E-state index in [0.29, 0.717) is 5.92 Å². The van der Waals surface area contributed by atoms with E-state index in [9.17, 15) is 0 Å². The number of rotatable bonds is 2. The molecule has 3 heteroatoms. The van der Waals surface area contributed by atoms with Crippen LogP contribution in [0, 0.1) is 0 Å². The minimum atomic E-state index is 0.564. The predicted molar refractivity (Wildman–Crippen MR) is 59.1 cm³/mol. The lowest BCUT2D eigenvalue weighted by Crippen LogP contribution is -1.99. The first-order valence-electron chi connectivity index (χ1n) is 5.59. The molecule has 1 saturated carbocycles. The normalized spacial score (nSPS) is 16.5. The Labute approximate surface area is 89.1 Å². The first-order valence-corrected chi connectivity index (χ1v) is 5.59. The topological polar surface area (TPSA) is 30.2 Å². The van der Waals surface area contributed by atoms with E-state index in [-0.39, 0.29) is 0 Å². The monoisotopic (exact) mass is 201 g/mol. The predicted octanol–water partition coefficient (Wildman–Crippen LogP) is 2.73. The number of hydrogen-bond donors (Lipinski definition) is 0. The molecule has 2 heterocycles. The summed E-state index contributed by atoms with van der Waals surface area (Å²) in [5.74, 6) is 1.35. The second kappa shape index (κ2) is 3.05. The third-order valence-corrected chi connectivity index (χ3v) is 3.12. The maximum Gasteiger partial charge on any atom is 0.155 e. The van der Waals surface area contributed by atoms with Gasteiger partial charge < -0.3 is 0 Å². The maximum absolute atomic E-state index is 4.24. The molecule has 0 spiro atoms. The van der Waals surface area contributed by atoms with Gasteiger partial charge in [0.15, 0.2) is 5.65 Å². The van der Waals surface area contributed by atoms with Gasteiger partial charge in [-0.1, -0.05) is 13.8 Å². The van der Waals surface area contributed by atoms with Crippen molar-refractivity contribution < 1.29 is 0 Å². The molecular weight excluding hydrogens is 186 g/mol. The van der Waals surface area contributed by atoms with E-state index in [4.69, 9.17) is 0 Å². The van der Waals surface area contributed by atoms with Gasteiger partial charge in [0.1, 0.15) is 6.33 Å². The number of fused-ring (bicyclic) bond motifs is 1. The van der Waals surface area contributed by atoms with Crippen LogP contribution in [0.2, 0.25) is 0 Å². The summed E-state index contributed by atoms with van der Waals surface area (Å²) >= 11 is 0. The van der Waals surface area contributed by atoms with Crippen molar-refractivity contribution in [3.05, 3.63) is 29.7 Å². The fraction of sp³-hybridized carbons (Fsp3) is 0.500. The zero-order valence-corrected chi connectivity index (χ0v) is 9.14. The average Bonchev–Trinajstić information content (AvgIpc) is 2.95. The van der Waals surface area contributed by atoms with Crippen LogP contribution in [0.25, 0.3) is 5.65 Å². The van der Waals surface area contributed by atoms with Gasteiger partial charge in [0.25, 0.3) is 0 Å². The fourth-order valence-electron chi connectivity index (χ4n) is 2.12. The maximum atomic E-state index is 4.24. The van der Waals surface area contributed by atoms with E-state index in [0.717, 1.165) is 11.6 Å². The minimum absolute atomic E-state index is 0.564. The molecule has 0 aliphatic heterocycles. The summed E-state index contributed by atoms with van der Waals surface area (Å²) in [5.41, 5.74) is 3.89. The van der Waals surface area contributed by atoms with Crippen LogP contribution in [0.15, 0.2) is 18.6 Å². The Balaban J connectivity index is 2.23. The van der Waals surface area contributed by atoms with Crippen molar-refractivity contribution in [1.29, 1.82) is 0 Å². The van der Waals surface area contributed by atoms with Crippen LogP contribution >= 0.6 is 0 Å². The molecule has 2 aromatic rings. The molecule has 0 amide bonds. The molecule has 15 heavy (non-hydrogen) atoms. The molecule has 0 radical (unpaired) electrons. The van der Waals surface area contributed by atoms with Gasteiger partial charge in [0, 0.05) is 6.20 Å². The summed E-state index contributed by atoms with van der Waals surface area (Å²) in [6.45, 7) is 4.48. The van der Waals surface area contributed by atoms with Gasteiger partial charge in [-0.05, 0) is 41.9 Å². The van der Waals surface area contributed by atoms with Crippen molar-refractivity contribution in [1.82, 2.24) is 14.6 Å². The summed E-state index contributed by atoms with van der Waals surface area (Å²) in [6, 6.07) is 2.21. The first-order chi connectivity index (χ1) is 7.25. The Bertz CT molecular complexity index is 459. The van der Waals surface area contributed by atoms with Gasteiger partial charge in [0.2, 0.25) is 0 Å². The Morgan fingerprint density at radius 2 is 2.20 bits per heavy atom. The van der Waals surface area contributed by atoms with Crippen molar-refractivity contribution >= 4 is 5.65 Å². The fourth-order valence-corrected chi connectivity index (χ4v) is 2.12. The SMILES string of the molecule is CC(C)c1cn2ncnc2cc1C1CC1. The van der Waals surface area contributed by atoms with Gasteiger partial charge in [-0.25, -0.2) is 9.50 Å². The van der Waals surface area contributed by atoms with Crippen LogP contribution in [0.4, 0.5) is 0 Å². The van der Waals surface area contributed by atoms with Crippen LogP contribution < -0.4 is 0 Å². The number of pyridine rings is 1. The van der Waals surface area contributed by atoms with Crippen molar-refractivity contribution in [2.24, 2.45) is 0 Å². The Hall–Kier alpha value is -1.38. The molecule has 0 bridgehead atoms. The standard InChI is InChI=1S/C12H15N3/c1-8(2)11-6-15-12(13-7-14-15)5-10(11)9-3-4-9/h5-9H,3-4H2,1-2H3. The van der Waals surface area contributed by atoms with Gasteiger partial charge >= 0.3 is 0 Å². The van der Waals surface area contributed by atoms with Crippen LogP contribution in [0.1, 0.15) is 49.7 Å². The summed E-state index contributed by atoms with van der Waals surface area (Å²) in [6.07, 6.45) is 6.44. The Kier molecular flexibility index (Phi) is 1.81. The molecule has 3 nitrogen and oxygen atoms in total. The molecule has 1 aliphatic rings. The van der Waals surface area contributed by atoms with E-state index in [2.05, 4.69) is 36.2 Å². The zero-order valence-electron chi connectivity index (χ0n) is 9.14. The van der Waals surface area contributed by atoms with Crippen LogP contribution in [0.5, 0.6) is 0 Å². The van der Waals surface area contributed by atoms with Crippen molar-refractivity contribution in [3.63, 3.8) is 0 Å². The lowest BCUT2D eigenvalue weighted by Gasteiger charge is -2.12. The molecule has 1 fully saturated rings. The summed E-state index contributed by atoms with van der Waals surface area (Å²) in [4.78, 5) is 4.24. The van der Waals surface area contributed by atoms with Crippen LogP contribution in [0.3, 0.4) is 0 Å². The molecule has 0 N–H and O–H groups in total. The van der Waals surface area contributed by atoms with Gasteiger partial charge in [-0.3, -0.25) is 0 Å². The molecule has 2 aromatic heterocycles. The average molecular weight is 201 g/mol. The lowest BCUT2D eigenvalue weighted by atomic mass is 9.97. The summed E-state index contributed by atoms with van der Waals surface area (Å²) in [7, 11) is 0. The minimum Gasteiger partial charge on any atom is -0.221 e. The molecule has 3 rings (SSSR count). The second-order valence-electron chi connectivity index (χ2n) is 4.68. The summed E-state index contributed by atoms with van der Waals surface area (Å²) < 4.78 is 1.88. The highest BCUT2D eigenvalue weighted by molar-refractivity contribution is 5.46. The third-order valence-electron chi connectivity index (χ3n) is 3.12. The van der Waals surface area contributed by atoms with Gasteiger partial charge in [-0.2, -0.15) is 5.10 Å². The summed E-state index contributed by atoms with van der Waals surface area (Å²) in [5, 5.41) is 4.19. The largest absolute Gasteiger partial charge is 0.221 e. The lowest BCUT2D eigenvalue weighted by molar-refractivity contribution is 0.812. The molecule has 0 saturated heterocycles. The van der Waals surface area contributed by atoms with Crippen molar-refractivity contribution in [3.8, 4) is 0 Å². The van der Waals surface area contributed by atoms with E-state index in [1.165, 1.54) is 24.0 Å². The molecular formula is C12H15N3. The van der Waals surface area contributed by atoms with Crippen LogP contribution in [-0.4, -0.2) is 14.6 Å². The third kappa shape index (κ3) is 1.42. The van der Waals surface area contributed by atoms with E-state index >= 15 is 0 Å².